The van der Waals surface area contributed by atoms with Crippen molar-refractivity contribution in [2.45, 2.75) is 6.92 Å². The third kappa shape index (κ3) is 4.41. The number of benzene rings is 2. The van der Waals surface area contributed by atoms with E-state index in [-0.39, 0.29) is 5.82 Å². The van der Waals surface area contributed by atoms with Gasteiger partial charge in [-0.2, -0.15) is 0 Å². The normalized spacial score (nSPS) is 10.7. The number of anilines is 1. The second-order valence-corrected chi connectivity index (χ2v) is 7.33. The van der Waals surface area contributed by atoms with Crippen molar-refractivity contribution in [3.8, 4) is 27.9 Å². The molecule has 1 amide bonds. The van der Waals surface area contributed by atoms with Crippen LogP contribution in [0.15, 0.2) is 60.0 Å². The third-order valence-electron chi connectivity index (χ3n) is 4.33. The van der Waals surface area contributed by atoms with E-state index >= 15 is 0 Å². The predicted octanol–water partition coefficient (Wildman–Crippen LogP) is 4.79. The van der Waals surface area contributed by atoms with Gasteiger partial charge in [-0.25, -0.2) is 14.1 Å². The molecule has 158 valence electrons. The Hall–Kier alpha value is -3.72. The van der Waals surface area contributed by atoms with Gasteiger partial charge in [-0.3, -0.25) is 4.79 Å². The van der Waals surface area contributed by atoms with Crippen LogP contribution in [0.3, 0.4) is 0 Å². The lowest BCUT2D eigenvalue weighted by atomic mass is 10.2. The fourth-order valence-electron chi connectivity index (χ4n) is 2.97. The number of carbonyl (C=O) groups excluding carboxylic acids is 1. The van der Waals surface area contributed by atoms with Crippen LogP contribution in [-0.4, -0.2) is 34.4 Å². The minimum Gasteiger partial charge on any atom is -0.493 e. The Balaban J connectivity index is 1.67. The van der Waals surface area contributed by atoms with E-state index in [0.29, 0.717) is 35.3 Å². The van der Waals surface area contributed by atoms with E-state index in [9.17, 15) is 9.18 Å². The van der Waals surface area contributed by atoms with E-state index in [1.807, 2.05) is 24.4 Å². The number of amides is 1. The van der Waals surface area contributed by atoms with Crippen LogP contribution in [0.4, 0.5) is 10.1 Å². The number of hydrogen-bond acceptors (Lipinski definition) is 6. The lowest BCUT2D eigenvalue weighted by Crippen LogP contribution is -2.14. The van der Waals surface area contributed by atoms with Crippen LogP contribution >= 0.6 is 11.3 Å². The van der Waals surface area contributed by atoms with Crippen molar-refractivity contribution < 1.29 is 18.7 Å². The number of carbonyl (C=O) groups is 1. The van der Waals surface area contributed by atoms with E-state index in [0.717, 1.165) is 4.88 Å². The largest absolute Gasteiger partial charge is 0.493 e. The quantitative estimate of drug-likeness (QED) is 0.449. The molecule has 0 radical (unpaired) electrons. The van der Waals surface area contributed by atoms with Gasteiger partial charge in [0.15, 0.2) is 17.3 Å². The van der Waals surface area contributed by atoms with E-state index < -0.39 is 11.7 Å². The number of nitrogens with one attached hydrogen (secondary N) is 1. The topological polar surface area (TPSA) is 78.3 Å². The molecule has 0 atom stereocenters. The Labute approximate surface area is 182 Å². The minimum absolute atomic E-state index is 0.0412. The molecule has 7 nitrogen and oxygen atoms in total. The maximum atomic E-state index is 13.8. The lowest BCUT2D eigenvalue weighted by Gasteiger charge is -2.11. The Kier molecular flexibility index (Phi) is 5.94. The average Bonchev–Trinajstić information content (AvgIpc) is 3.45. The maximum absolute atomic E-state index is 13.8. The van der Waals surface area contributed by atoms with Gasteiger partial charge in [-0.15, -0.1) is 16.4 Å². The summed E-state index contributed by atoms with van der Waals surface area (Å²) in [7, 11) is 1.53. The van der Waals surface area contributed by atoms with Gasteiger partial charge in [0.1, 0.15) is 5.82 Å². The Morgan fingerprint density at radius 1 is 1.16 bits per heavy atom. The molecule has 2 aromatic heterocycles. The standard InChI is InChI=1S/C22H19FN4O3S/c1-3-30-17-10-9-15(13-18(17)29-2)24-22(28)20-25-21(19-8-5-11-31-19)27(26-20)16-7-4-6-14(23)12-16/h4-13H,3H2,1-2H3,(H,24,28). The molecule has 0 bridgehead atoms. The summed E-state index contributed by atoms with van der Waals surface area (Å²) >= 11 is 1.45. The molecule has 2 aromatic carbocycles. The Morgan fingerprint density at radius 3 is 2.74 bits per heavy atom. The molecule has 9 heteroatoms. The second-order valence-electron chi connectivity index (χ2n) is 6.38. The smallest absolute Gasteiger partial charge is 0.295 e. The number of nitrogens with zero attached hydrogens (tertiary/aromatic N) is 3. The molecule has 0 saturated carbocycles. The van der Waals surface area contributed by atoms with Gasteiger partial charge in [0.25, 0.3) is 5.91 Å². The first-order valence-corrected chi connectivity index (χ1v) is 10.4. The molecule has 0 aliphatic rings. The molecular weight excluding hydrogens is 419 g/mol. The number of aromatic nitrogens is 3. The lowest BCUT2D eigenvalue weighted by molar-refractivity contribution is 0.101. The highest BCUT2D eigenvalue weighted by molar-refractivity contribution is 7.13. The summed E-state index contributed by atoms with van der Waals surface area (Å²) in [4.78, 5) is 18.1. The first-order valence-electron chi connectivity index (χ1n) is 9.48. The summed E-state index contributed by atoms with van der Waals surface area (Å²) in [5.74, 6) is 0.584. The van der Waals surface area contributed by atoms with Gasteiger partial charge in [0.2, 0.25) is 5.82 Å². The monoisotopic (exact) mass is 438 g/mol. The predicted molar refractivity (Wildman–Crippen MR) is 117 cm³/mol. The van der Waals surface area contributed by atoms with E-state index in [1.165, 1.54) is 35.3 Å². The van der Waals surface area contributed by atoms with Crippen LogP contribution in [0.1, 0.15) is 17.5 Å². The van der Waals surface area contributed by atoms with Crippen molar-refractivity contribution in [1.82, 2.24) is 14.8 Å². The summed E-state index contributed by atoms with van der Waals surface area (Å²) in [6.07, 6.45) is 0. The molecule has 0 saturated heterocycles. The van der Waals surface area contributed by atoms with Crippen molar-refractivity contribution in [1.29, 1.82) is 0 Å². The fourth-order valence-corrected chi connectivity index (χ4v) is 3.67. The molecule has 0 spiro atoms. The number of methoxy groups -OCH3 is 1. The number of ether oxygens (including phenoxy) is 2. The van der Waals surface area contributed by atoms with Crippen LogP contribution in [0.25, 0.3) is 16.4 Å². The van der Waals surface area contributed by atoms with Gasteiger partial charge < -0.3 is 14.8 Å². The highest BCUT2D eigenvalue weighted by Crippen LogP contribution is 2.31. The van der Waals surface area contributed by atoms with Crippen LogP contribution < -0.4 is 14.8 Å². The number of rotatable bonds is 7. The summed E-state index contributed by atoms with van der Waals surface area (Å²) < 4.78 is 26.1. The molecule has 31 heavy (non-hydrogen) atoms. The molecule has 1 N–H and O–H groups in total. The first kappa shape index (κ1) is 20.5. The van der Waals surface area contributed by atoms with Crippen LogP contribution in [0.2, 0.25) is 0 Å². The molecule has 0 aliphatic carbocycles. The fraction of sp³-hybridized carbons (Fsp3) is 0.136. The second kappa shape index (κ2) is 8.97. The highest BCUT2D eigenvalue weighted by atomic mass is 32.1. The maximum Gasteiger partial charge on any atom is 0.295 e. The van der Waals surface area contributed by atoms with Crippen molar-refractivity contribution in [3.05, 3.63) is 71.6 Å². The zero-order chi connectivity index (χ0) is 21.8. The zero-order valence-corrected chi connectivity index (χ0v) is 17.6. The Bertz CT molecular complexity index is 1210. The molecule has 4 rings (SSSR count). The van der Waals surface area contributed by atoms with Gasteiger partial charge >= 0.3 is 0 Å². The van der Waals surface area contributed by atoms with Gasteiger partial charge in [0, 0.05) is 11.8 Å². The molecule has 4 aromatic rings. The minimum atomic E-state index is -0.501. The van der Waals surface area contributed by atoms with Crippen LogP contribution in [-0.2, 0) is 0 Å². The number of halogens is 1. The molecule has 0 unspecified atom stereocenters. The van der Waals surface area contributed by atoms with Crippen LogP contribution in [0.5, 0.6) is 11.5 Å². The van der Waals surface area contributed by atoms with E-state index in [4.69, 9.17) is 9.47 Å². The van der Waals surface area contributed by atoms with Crippen molar-refractivity contribution in [2.75, 3.05) is 19.0 Å². The Morgan fingerprint density at radius 2 is 2.03 bits per heavy atom. The zero-order valence-electron chi connectivity index (χ0n) is 16.8. The number of thiophene rings is 1. The SMILES string of the molecule is CCOc1ccc(NC(=O)c2nc(-c3cccs3)n(-c3cccc(F)c3)n2)cc1OC. The van der Waals surface area contributed by atoms with Crippen molar-refractivity contribution in [2.24, 2.45) is 0 Å². The third-order valence-corrected chi connectivity index (χ3v) is 5.19. The molecular formula is C22H19FN4O3S. The van der Waals surface area contributed by atoms with Gasteiger partial charge in [0.05, 0.1) is 24.3 Å². The van der Waals surface area contributed by atoms with Crippen LogP contribution in [0, 0.1) is 5.82 Å². The van der Waals surface area contributed by atoms with Gasteiger partial charge in [-0.1, -0.05) is 12.1 Å². The summed E-state index contributed by atoms with van der Waals surface area (Å²) in [5, 5.41) is 9.00. The highest BCUT2D eigenvalue weighted by Gasteiger charge is 2.20. The summed E-state index contributed by atoms with van der Waals surface area (Å²) in [6.45, 7) is 2.37. The molecule has 0 aliphatic heterocycles. The van der Waals surface area contributed by atoms with E-state index in [2.05, 4.69) is 15.4 Å². The summed E-state index contributed by atoms with van der Waals surface area (Å²) in [5.41, 5.74) is 0.975. The van der Waals surface area contributed by atoms with E-state index in [1.54, 1.807) is 30.3 Å². The summed E-state index contributed by atoms with van der Waals surface area (Å²) in [6, 6.07) is 14.8. The molecule has 2 heterocycles. The number of hydrogen-bond donors (Lipinski definition) is 1. The average molecular weight is 438 g/mol. The van der Waals surface area contributed by atoms with Crippen molar-refractivity contribution in [3.63, 3.8) is 0 Å². The van der Waals surface area contributed by atoms with Crippen molar-refractivity contribution >= 4 is 22.9 Å². The molecule has 0 fully saturated rings. The van der Waals surface area contributed by atoms with Gasteiger partial charge in [-0.05, 0) is 48.7 Å². The first-order chi connectivity index (χ1) is 15.1.